The standard InChI is InChI=1S/C29H32ClN3O3/c1-19(27(35)31-29(2,3)4)33(18-21-10-5-6-14-23(21)30)25(34)16-9-17-32-24-15-8-12-20-11-7-13-22(26(20)24)28(32)36/h5-8,10-15,19H,9,16-18H2,1-4H3,(H,31,35)/t19-/m0/s1. The van der Waals surface area contributed by atoms with Gasteiger partial charge in [-0.15, -0.1) is 0 Å². The molecule has 0 spiro atoms. The second-order valence-corrected chi connectivity index (χ2v) is 10.7. The van der Waals surface area contributed by atoms with E-state index < -0.39 is 11.6 Å². The molecule has 188 valence electrons. The summed E-state index contributed by atoms with van der Waals surface area (Å²) in [5.74, 6) is -0.423. The summed E-state index contributed by atoms with van der Waals surface area (Å²) in [4.78, 5) is 42.8. The van der Waals surface area contributed by atoms with Crippen LogP contribution >= 0.6 is 11.6 Å². The van der Waals surface area contributed by atoms with Crippen LogP contribution in [0.5, 0.6) is 0 Å². The number of anilines is 1. The Morgan fingerprint density at radius 2 is 1.72 bits per heavy atom. The van der Waals surface area contributed by atoms with E-state index in [9.17, 15) is 14.4 Å². The molecular weight excluding hydrogens is 474 g/mol. The normalized spacial score (nSPS) is 13.7. The monoisotopic (exact) mass is 505 g/mol. The Kier molecular flexibility index (Phi) is 7.36. The van der Waals surface area contributed by atoms with Crippen molar-refractivity contribution in [1.82, 2.24) is 10.2 Å². The fourth-order valence-corrected chi connectivity index (χ4v) is 4.80. The van der Waals surface area contributed by atoms with Gasteiger partial charge in [0.2, 0.25) is 11.8 Å². The van der Waals surface area contributed by atoms with Crippen molar-refractivity contribution >= 4 is 45.8 Å². The average Bonchev–Trinajstić information content (AvgIpc) is 3.10. The number of hydrogen-bond acceptors (Lipinski definition) is 3. The van der Waals surface area contributed by atoms with Gasteiger partial charge in [0.1, 0.15) is 6.04 Å². The van der Waals surface area contributed by atoms with Crippen LogP contribution in [0.15, 0.2) is 60.7 Å². The summed E-state index contributed by atoms with van der Waals surface area (Å²) in [6.45, 7) is 8.10. The molecule has 6 nitrogen and oxygen atoms in total. The lowest BCUT2D eigenvalue weighted by Gasteiger charge is -2.32. The first kappa shape index (κ1) is 25.7. The van der Waals surface area contributed by atoms with Gasteiger partial charge in [0.05, 0.1) is 5.69 Å². The quantitative estimate of drug-likeness (QED) is 0.435. The lowest BCUT2D eigenvalue weighted by molar-refractivity contribution is -0.141. The van der Waals surface area contributed by atoms with Gasteiger partial charge in [-0.25, -0.2) is 0 Å². The molecule has 3 aromatic rings. The molecule has 7 heteroatoms. The lowest BCUT2D eigenvalue weighted by Crippen LogP contribution is -2.52. The molecule has 36 heavy (non-hydrogen) atoms. The van der Waals surface area contributed by atoms with E-state index in [1.54, 1.807) is 22.8 Å². The fourth-order valence-electron chi connectivity index (χ4n) is 4.60. The highest BCUT2D eigenvalue weighted by Crippen LogP contribution is 2.37. The molecule has 1 aliphatic rings. The summed E-state index contributed by atoms with van der Waals surface area (Å²) >= 11 is 6.37. The van der Waals surface area contributed by atoms with Crippen molar-refractivity contribution in [1.29, 1.82) is 0 Å². The minimum absolute atomic E-state index is 0.0416. The van der Waals surface area contributed by atoms with Crippen LogP contribution in [0, 0.1) is 0 Å². The van der Waals surface area contributed by atoms with Gasteiger partial charge in [-0.3, -0.25) is 14.4 Å². The molecule has 1 atom stereocenters. The molecule has 0 fully saturated rings. The molecular formula is C29H32ClN3O3. The van der Waals surface area contributed by atoms with E-state index in [2.05, 4.69) is 5.32 Å². The van der Waals surface area contributed by atoms with Gasteiger partial charge in [-0.05, 0) is 63.3 Å². The van der Waals surface area contributed by atoms with E-state index in [4.69, 9.17) is 11.6 Å². The summed E-state index contributed by atoms with van der Waals surface area (Å²) < 4.78 is 0. The first-order valence-corrected chi connectivity index (χ1v) is 12.6. The average molecular weight is 506 g/mol. The van der Waals surface area contributed by atoms with Crippen LogP contribution < -0.4 is 10.2 Å². The third-order valence-corrected chi connectivity index (χ3v) is 6.75. The molecule has 1 heterocycles. The molecule has 3 amide bonds. The molecule has 0 saturated heterocycles. The van der Waals surface area contributed by atoms with E-state index in [1.165, 1.54) is 0 Å². The summed E-state index contributed by atoms with van der Waals surface area (Å²) in [6, 6.07) is 18.3. The zero-order valence-corrected chi connectivity index (χ0v) is 21.9. The van der Waals surface area contributed by atoms with E-state index in [1.807, 2.05) is 75.4 Å². The summed E-state index contributed by atoms with van der Waals surface area (Å²) in [7, 11) is 0. The third kappa shape index (κ3) is 5.39. The number of benzene rings is 3. The van der Waals surface area contributed by atoms with Crippen molar-refractivity contribution in [2.24, 2.45) is 0 Å². The second-order valence-electron chi connectivity index (χ2n) is 10.3. The Morgan fingerprint density at radius 3 is 2.42 bits per heavy atom. The smallest absolute Gasteiger partial charge is 0.258 e. The Labute approximate surface area is 217 Å². The first-order chi connectivity index (χ1) is 17.1. The first-order valence-electron chi connectivity index (χ1n) is 12.3. The minimum atomic E-state index is -0.681. The highest BCUT2D eigenvalue weighted by molar-refractivity contribution is 6.31. The largest absolute Gasteiger partial charge is 0.350 e. The molecule has 0 radical (unpaired) electrons. The number of hydrogen-bond donors (Lipinski definition) is 1. The number of halogens is 1. The minimum Gasteiger partial charge on any atom is -0.350 e. The molecule has 3 aromatic carbocycles. The van der Waals surface area contributed by atoms with Crippen molar-refractivity contribution in [3.8, 4) is 0 Å². The van der Waals surface area contributed by atoms with Gasteiger partial charge >= 0.3 is 0 Å². The highest BCUT2D eigenvalue weighted by atomic mass is 35.5. The lowest BCUT2D eigenvalue weighted by atomic mass is 10.1. The van der Waals surface area contributed by atoms with Crippen molar-refractivity contribution in [3.63, 3.8) is 0 Å². The molecule has 1 N–H and O–H groups in total. The SMILES string of the molecule is C[C@@H](C(=O)NC(C)(C)C)N(Cc1ccccc1Cl)C(=O)CCCN1C(=O)c2cccc3cccc1c23. The van der Waals surface area contributed by atoms with Crippen LogP contribution in [-0.2, 0) is 16.1 Å². The fraction of sp³-hybridized carbons (Fsp3) is 0.345. The van der Waals surface area contributed by atoms with Crippen LogP contribution in [0.1, 0.15) is 56.5 Å². The van der Waals surface area contributed by atoms with Gasteiger partial charge in [-0.2, -0.15) is 0 Å². The number of rotatable bonds is 8. The molecule has 0 unspecified atom stereocenters. The highest BCUT2D eigenvalue weighted by Gasteiger charge is 2.31. The van der Waals surface area contributed by atoms with Crippen molar-refractivity contribution in [2.75, 3.05) is 11.4 Å². The molecule has 0 aliphatic carbocycles. The Bertz CT molecular complexity index is 1310. The molecule has 0 bridgehead atoms. The van der Waals surface area contributed by atoms with Gasteiger partial charge in [0.15, 0.2) is 0 Å². The summed E-state index contributed by atoms with van der Waals surface area (Å²) in [5.41, 5.74) is 1.93. The van der Waals surface area contributed by atoms with Gasteiger partial charge in [-0.1, -0.05) is 54.1 Å². The Morgan fingerprint density at radius 1 is 1.03 bits per heavy atom. The topological polar surface area (TPSA) is 69.7 Å². The predicted molar refractivity (Wildman–Crippen MR) is 144 cm³/mol. The molecule has 0 saturated carbocycles. The zero-order valence-electron chi connectivity index (χ0n) is 21.2. The number of nitrogens with one attached hydrogen (secondary N) is 1. The predicted octanol–water partition coefficient (Wildman–Crippen LogP) is 5.57. The molecule has 4 rings (SSSR count). The van der Waals surface area contributed by atoms with Gasteiger partial charge in [0.25, 0.3) is 5.91 Å². The van der Waals surface area contributed by atoms with Gasteiger partial charge in [0, 0.05) is 41.0 Å². The number of carbonyl (C=O) groups excluding carboxylic acids is 3. The van der Waals surface area contributed by atoms with Crippen molar-refractivity contribution in [3.05, 3.63) is 76.8 Å². The molecule has 0 aromatic heterocycles. The second kappa shape index (κ2) is 10.3. The van der Waals surface area contributed by atoms with Crippen LogP contribution in [0.2, 0.25) is 5.02 Å². The van der Waals surface area contributed by atoms with E-state index in [-0.39, 0.29) is 30.7 Å². The maximum atomic E-state index is 13.4. The number of amides is 3. The van der Waals surface area contributed by atoms with E-state index in [0.29, 0.717) is 23.6 Å². The van der Waals surface area contributed by atoms with Crippen LogP contribution in [-0.4, -0.2) is 40.7 Å². The van der Waals surface area contributed by atoms with E-state index >= 15 is 0 Å². The summed E-state index contributed by atoms with van der Waals surface area (Å²) in [6.07, 6.45) is 0.676. The van der Waals surface area contributed by atoms with E-state index in [0.717, 1.165) is 22.0 Å². The van der Waals surface area contributed by atoms with Crippen molar-refractivity contribution < 1.29 is 14.4 Å². The van der Waals surface area contributed by atoms with Gasteiger partial charge < -0.3 is 15.1 Å². The van der Waals surface area contributed by atoms with Crippen LogP contribution in [0.25, 0.3) is 10.8 Å². The third-order valence-electron chi connectivity index (χ3n) is 6.39. The van der Waals surface area contributed by atoms with Crippen LogP contribution in [0.4, 0.5) is 5.69 Å². The van der Waals surface area contributed by atoms with Crippen molar-refractivity contribution in [2.45, 2.75) is 58.7 Å². The maximum Gasteiger partial charge on any atom is 0.258 e. The summed E-state index contributed by atoms with van der Waals surface area (Å²) in [5, 5.41) is 5.50. The number of nitrogens with zero attached hydrogens (tertiary/aromatic N) is 2. The maximum absolute atomic E-state index is 13.4. The Balaban J connectivity index is 1.48. The Hall–Kier alpha value is -3.38. The molecule has 1 aliphatic heterocycles. The number of carbonyl (C=O) groups is 3. The van der Waals surface area contributed by atoms with Crippen LogP contribution in [0.3, 0.4) is 0 Å². The zero-order chi connectivity index (χ0) is 26.0.